The molecule has 0 bridgehead atoms. The summed E-state index contributed by atoms with van der Waals surface area (Å²) in [5.41, 5.74) is 2.53. The van der Waals surface area contributed by atoms with Gasteiger partial charge in [-0.3, -0.25) is 0 Å². The van der Waals surface area contributed by atoms with Crippen molar-refractivity contribution in [1.82, 2.24) is 0 Å². The Morgan fingerprint density at radius 1 is 1.44 bits per heavy atom. The lowest BCUT2D eigenvalue weighted by molar-refractivity contribution is 0.410. The first-order chi connectivity index (χ1) is 7.61. The average Bonchev–Trinajstić information content (AvgIpc) is 2.27. The minimum Gasteiger partial charge on any atom is -0.495 e. The molecule has 1 aliphatic heterocycles. The van der Waals surface area contributed by atoms with Crippen LogP contribution >= 0.6 is 15.9 Å². The lowest BCUT2D eigenvalue weighted by atomic mass is 9.91. The van der Waals surface area contributed by atoms with E-state index in [1.165, 1.54) is 17.7 Å². The summed E-state index contributed by atoms with van der Waals surface area (Å²) in [5.74, 6) is 1.59. The first-order valence-electron chi connectivity index (χ1n) is 5.74. The summed E-state index contributed by atoms with van der Waals surface area (Å²) in [5, 5.41) is 3.60. The van der Waals surface area contributed by atoms with Gasteiger partial charge < -0.3 is 10.1 Å². The fraction of sp³-hybridized carbons (Fsp3) is 0.538. The van der Waals surface area contributed by atoms with E-state index in [9.17, 15) is 0 Å². The van der Waals surface area contributed by atoms with Gasteiger partial charge in [0.25, 0.3) is 0 Å². The van der Waals surface area contributed by atoms with Crippen LogP contribution in [0.3, 0.4) is 0 Å². The number of benzene rings is 1. The fourth-order valence-corrected chi connectivity index (χ4v) is 2.71. The molecule has 0 radical (unpaired) electrons. The number of hydrogen-bond acceptors (Lipinski definition) is 2. The molecule has 2 nitrogen and oxygen atoms in total. The van der Waals surface area contributed by atoms with E-state index < -0.39 is 0 Å². The first-order valence-corrected chi connectivity index (χ1v) is 6.54. The second-order valence-corrected chi connectivity index (χ2v) is 5.59. The van der Waals surface area contributed by atoms with Gasteiger partial charge in [0.2, 0.25) is 0 Å². The van der Waals surface area contributed by atoms with Gasteiger partial charge in [0.1, 0.15) is 5.75 Å². The van der Waals surface area contributed by atoms with Crippen LogP contribution in [0.4, 0.5) is 5.69 Å². The quantitative estimate of drug-likeness (QED) is 0.891. The summed E-state index contributed by atoms with van der Waals surface area (Å²) in [6.45, 7) is 4.52. The van der Waals surface area contributed by atoms with Crippen LogP contribution in [0.2, 0.25) is 0 Å². The zero-order chi connectivity index (χ0) is 11.7. The van der Waals surface area contributed by atoms with Gasteiger partial charge in [-0.1, -0.05) is 29.8 Å². The summed E-state index contributed by atoms with van der Waals surface area (Å²) < 4.78 is 6.52. The second-order valence-electron chi connectivity index (χ2n) is 4.68. The molecule has 1 aromatic rings. The van der Waals surface area contributed by atoms with Gasteiger partial charge >= 0.3 is 0 Å². The van der Waals surface area contributed by atoms with Crippen LogP contribution in [-0.4, -0.2) is 13.2 Å². The van der Waals surface area contributed by atoms with E-state index in [0.29, 0.717) is 12.0 Å². The van der Waals surface area contributed by atoms with Gasteiger partial charge in [0, 0.05) is 10.5 Å². The monoisotopic (exact) mass is 283 g/mol. The molecule has 1 aliphatic rings. The Balaban J connectivity index is 2.36. The second kappa shape index (κ2) is 4.66. The Labute approximate surface area is 106 Å². The van der Waals surface area contributed by atoms with Crippen LogP contribution in [0.1, 0.15) is 25.8 Å². The number of methoxy groups -OCH3 is 1. The third-order valence-corrected chi connectivity index (χ3v) is 3.69. The molecule has 0 spiro atoms. The zero-order valence-electron chi connectivity index (χ0n) is 10.0. The summed E-state index contributed by atoms with van der Waals surface area (Å²) in [6, 6.07) is 4.76. The predicted molar refractivity (Wildman–Crippen MR) is 71.3 cm³/mol. The molecule has 2 rings (SSSR count). The van der Waals surface area contributed by atoms with Gasteiger partial charge in [0.05, 0.1) is 12.8 Å². The Bertz CT molecular complexity index is 373. The van der Waals surface area contributed by atoms with Crippen molar-refractivity contribution in [1.29, 1.82) is 0 Å². The molecule has 0 fully saturated rings. The van der Waals surface area contributed by atoms with E-state index in [2.05, 4.69) is 41.2 Å². The number of nitrogens with one attached hydrogen (secondary N) is 1. The molecule has 3 heteroatoms. The number of hydrogen-bond donors (Lipinski definition) is 1. The highest BCUT2D eigenvalue weighted by Gasteiger charge is 2.23. The molecular weight excluding hydrogens is 266 g/mol. The van der Waals surface area contributed by atoms with Gasteiger partial charge in [-0.2, -0.15) is 0 Å². The van der Waals surface area contributed by atoms with Gasteiger partial charge in [0.15, 0.2) is 0 Å². The predicted octanol–water partition coefficient (Wildman–Crippen LogP) is 3.84. The normalized spacial score (nSPS) is 19.2. The topological polar surface area (TPSA) is 21.3 Å². The first kappa shape index (κ1) is 11.8. The van der Waals surface area contributed by atoms with Crippen molar-refractivity contribution in [2.24, 2.45) is 5.92 Å². The highest BCUT2D eigenvalue weighted by molar-refractivity contribution is 9.10. The molecule has 88 valence electrons. The summed E-state index contributed by atoms with van der Waals surface area (Å²) in [4.78, 5) is 0. The molecule has 0 saturated heterocycles. The van der Waals surface area contributed by atoms with Crippen LogP contribution in [0, 0.1) is 5.92 Å². The van der Waals surface area contributed by atoms with E-state index >= 15 is 0 Å². The molecular formula is C13H18BrNO. The number of rotatable bonds is 2. The highest BCUT2D eigenvalue weighted by atomic mass is 79.9. The molecule has 0 amide bonds. The Kier molecular flexibility index (Phi) is 3.43. The molecule has 0 aliphatic carbocycles. The van der Waals surface area contributed by atoms with Crippen molar-refractivity contribution in [3.05, 3.63) is 22.2 Å². The van der Waals surface area contributed by atoms with Crippen LogP contribution in [0.5, 0.6) is 5.75 Å². The molecule has 16 heavy (non-hydrogen) atoms. The fourth-order valence-electron chi connectivity index (χ4n) is 2.23. The van der Waals surface area contributed by atoms with E-state index in [4.69, 9.17) is 4.74 Å². The smallest absolute Gasteiger partial charge is 0.143 e. The number of ether oxygens (including phenoxy) is 1. The van der Waals surface area contributed by atoms with Gasteiger partial charge in [-0.05, 0) is 36.5 Å². The number of anilines is 1. The van der Waals surface area contributed by atoms with Crippen molar-refractivity contribution >= 4 is 21.6 Å². The molecule has 1 N–H and O–H groups in total. The van der Waals surface area contributed by atoms with Crippen molar-refractivity contribution in [2.75, 3.05) is 12.4 Å². The Hall–Kier alpha value is -0.700. The molecule has 1 unspecified atom stereocenters. The van der Waals surface area contributed by atoms with E-state index in [1.54, 1.807) is 7.11 Å². The Morgan fingerprint density at radius 3 is 2.81 bits per heavy atom. The summed E-state index contributed by atoms with van der Waals surface area (Å²) in [7, 11) is 1.72. The largest absolute Gasteiger partial charge is 0.495 e. The number of halogens is 1. The summed E-state index contributed by atoms with van der Waals surface area (Å²) in [6.07, 6.45) is 2.32. The maximum absolute atomic E-state index is 5.43. The number of aryl methyl sites for hydroxylation is 1. The number of fused-ring (bicyclic) bond motifs is 1. The van der Waals surface area contributed by atoms with Crippen molar-refractivity contribution in [3.63, 3.8) is 0 Å². The van der Waals surface area contributed by atoms with Crippen molar-refractivity contribution in [2.45, 2.75) is 32.7 Å². The van der Waals surface area contributed by atoms with Crippen LogP contribution in [-0.2, 0) is 6.42 Å². The third kappa shape index (κ3) is 2.19. The average molecular weight is 284 g/mol. The standard InChI is InChI=1S/C13H18BrNO/c1-8(2)11-5-4-9-6-10(14)7-12(16-3)13(9)15-11/h6-8,11,15H,4-5H2,1-3H3. The molecule has 1 heterocycles. The summed E-state index contributed by atoms with van der Waals surface area (Å²) >= 11 is 3.52. The maximum atomic E-state index is 5.43. The van der Waals surface area contributed by atoms with E-state index in [0.717, 1.165) is 16.6 Å². The SMILES string of the molecule is COc1cc(Br)cc2c1NC(C(C)C)CC2. The van der Waals surface area contributed by atoms with Crippen LogP contribution < -0.4 is 10.1 Å². The van der Waals surface area contributed by atoms with E-state index in [-0.39, 0.29) is 0 Å². The van der Waals surface area contributed by atoms with Gasteiger partial charge in [-0.25, -0.2) is 0 Å². The van der Waals surface area contributed by atoms with Crippen LogP contribution in [0.25, 0.3) is 0 Å². The minimum atomic E-state index is 0.558. The van der Waals surface area contributed by atoms with Gasteiger partial charge in [-0.15, -0.1) is 0 Å². The minimum absolute atomic E-state index is 0.558. The Morgan fingerprint density at radius 2 is 2.19 bits per heavy atom. The van der Waals surface area contributed by atoms with E-state index in [1.807, 2.05) is 6.07 Å². The lowest BCUT2D eigenvalue weighted by Gasteiger charge is -2.31. The molecule has 0 aromatic heterocycles. The van der Waals surface area contributed by atoms with Crippen molar-refractivity contribution < 1.29 is 4.74 Å². The third-order valence-electron chi connectivity index (χ3n) is 3.23. The molecule has 1 aromatic carbocycles. The lowest BCUT2D eigenvalue weighted by Crippen LogP contribution is -2.30. The zero-order valence-corrected chi connectivity index (χ0v) is 11.6. The molecule has 1 atom stereocenters. The van der Waals surface area contributed by atoms with Crippen LogP contribution in [0.15, 0.2) is 16.6 Å². The van der Waals surface area contributed by atoms with Crippen molar-refractivity contribution in [3.8, 4) is 5.75 Å². The highest BCUT2D eigenvalue weighted by Crippen LogP contribution is 2.37. The molecule has 0 saturated carbocycles. The maximum Gasteiger partial charge on any atom is 0.143 e.